The van der Waals surface area contributed by atoms with Crippen molar-refractivity contribution in [2.75, 3.05) is 0 Å². The Hall–Kier alpha value is -2.34. The van der Waals surface area contributed by atoms with Gasteiger partial charge in [-0.15, -0.1) is 0 Å². The van der Waals surface area contributed by atoms with Gasteiger partial charge < -0.3 is 14.1 Å². The van der Waals surface area contributed by atoms with Gasteiger partial charge in [0.1, 0.15) is 23.8 Å². The van der Waals surface area contributed by atoms with Crippen LogP contribution in [0.5, 0.6) is 0 Å². The lowest BCUT2D eigenvalue weighted by molar-refractivity contribution is 0.0460. The second-order valence-corrected chi connectivity index (χ2v) is 5.61. The molecule has 3 rings (SSSR count). The zero-order valence-corrected chi connectivity index (χ0v) is 13.4. The fraction of sp³-hybridized carbons (Fsp3) is 0.125. The van der Waals surface area contributed by atoms with Crippen LogP contribution in [0.1, 0.15) is 21.9 Å². The predicted octanol–water partition coefficient (Wildman–Crippen LogP) is 4.10. The number of aromatic amines is 1. The summed E-state index contributed by atoms with van der Waals surface area (Å²) >= 11 is 3.27. The van der Waals surface area contributed by atoms with E-state index in [1.54, 1.807) is 19.2 Å². The number of ether oxygens (including phenoxy) is 1. The summed E-state index contributed by atoms with van der Waals surface area (Å²) in [6.07, 6.45) is 1.67. The Morgan fingerprint density at radius 1 is 1.36 bits per heavy atom. The molecule has 1 aromatic carbocycles. The monoisotopic (exact) mass is 360 g/mol. The molecule has 22 heavy (non-hydrogen) atoms. The average Bonchev–Trinajstić information content (AvgIpc) is 3.12. The molecule has 0 spiro atoms. The number of halogens is 1. The molecule has 0 aliphatic carbocycles. The summed E-state index contributed by atoms with van der Waals surface area (Å²) in [6, 6.07) is 11.2. The van der Waals surface area contributed by atoms with E-state index >= 15 is 0 Å². The van der Waals surface area contributed by atoms with Crippen LogP contribution in [-0.4, -0.2) is 15.9 Å². The molecular formula is C16H13BrN2O3. The highest BCUT2D eigenvalue weighted by Crippen LogP contribution is 2.22. The number of aromatic nitrogens is 2. The number of oxazole rings is 1. The number of nitrogens with one attached hydrogen (secondary N) is 1. The van der Waals surface area contributed by atoms with Gasteiger partial charge in [0.15, 0.2) is 0 Å². The van der Waals surface area contributed by atoms with E-state index in [1.165, 1.54) is 0 Å². The van der Waals surface area contributed by atoms with E-state index < -0.39 is 5.97 Å². The number of H-pyrrole nitrogens is 1. The van der Waals surface area contributed by atoms with Gasteiger partial charge in [0, 0.05) is 16.2 Å². The topological polar surface area (TPSA) is 68.1 Å². The quantitative estimate of drug-likeness (QED) is 0.711. The predicted molar refractivity (Wildman–Crippen MR) is 84.3 cm³/mol. The third kappa shape index (κ3) is 3.12. The Morgan fingerprint density at radius 2 is 2.14 bits per heavy atom. The lowest BCUT2D eigenvalue weighted by Gasteiger charge is -2.00. The average molecular weight is 361 g/mol. The maximum Gasteiger partial charge on any atom is 0.355 e. The Labute approximate surface area is 135 Å². The fourth-order valence-corrected chi connectivity index (χ4v) is 2.31. The van der Waals surface area contributed by atoms with Crippen LogP contribution in [-0.2, 0) is 11.3 Å². The van der Waals surface area contributed by atoms with Gasteiger partial charge in [-0.2, -0.15) is 0 Å². The van der Waals surface area contributed by atoms with E-state index in [2.05, 4.69) is 25.9 Å². The second-order valence-electron chi connectivity index (χ2n) is 4.70. The number of nitrogens with zero attached hydrogens (tertiary/aromatic N) is 1. The van der Waals surface area contributed by atoms with Gasteiger partial charge in [0.2, 0.25) is 5.89 Å². The molecule has 0 fully saturated rings. The van der Waals surface area contributed by atoms with E-state index in [1.807, 2.05) is 30.3 Å². The highest BCUT2D eigenvalue weighted by atomic mass is 79.9. The van der Waals surface area contributed by atoms with Gasteiger partial charge >= 0.3 is 5.97 Å². The minimum Gasteiger partial charge on any atom is -0.454 e. The van der Waals surface area contributed by atoms with Crippen LogP contribution in [0.2, 0.25) is 0 Å². The molecule has 0 aliphatic heterocycles. The van der Waals surface area contributed by atoms with Crippen LogP contribution in [0.3, 0.4) is 0 Å². The molecule has 0 radical (unpaired) electrons. The Balaban J connectivity index is 1.71. The van der Waals surface area contributed by atoms with Gasteiger partial charge in [0.25, 0.3) is 0 Å². The molecule has 2 aromatic heterocycles. The van der Waals surface area contributed by atoms with Crippen molar-refractivity contribution >= 4 is 21.9 Å². The maximum absolute atomic E-state index is 11.9. The lowest BCUT2D eigenvalue weighted by atomic mass is 10.2. The Kier molecular flexibility index (Phi) is 4.11. The number of hydrogen-bond donors (Lipinski definition) is 1. The number of esters is 1. The first-order valence-corrected chi connectivity index (χ1v) is 7.45. The first kappa shape index (κ1) is 14.6. The van der Waals surface area contributed by atoms with Gasteiger partial charge in [-0.25, -0.2) is 9.78 Å². The van der Waals surface area contributed by atoms with Crippen LogP contribution < -0.4 is 0 Å². The lowest BCUT2D eigenvalue weighted by Crippen LogP contribution is -2.06. The molecule has 0 saturated carbocycles. The van der Waals surface area contributed by atoms with Crippen molar-refractivity contribution < 1.29 is 13.9 Å². The van der Waals surface area contributed by atoms with Crippen LogP contribution in [0.25, 0.3) is 11.5 Å². The van der Waals surface area contributed by atoms with E-state index in [0.717, 1.165) is 10.0 Å². The Morgan fingerprint density at radius 3 is 2.82 bits per heavy atom. The minimum absolute atomic E-state index is 0.0671. The van der Waals surface area contributed by atoms with E-state index in [-0.39, 0.29) is 6.61 Å². The number of aryl methyl sites for hydroxylation is 1. The Bertz CT molecular complexity index is 793. The molecule has 0 atom stereocenters. The maximum atomic E-state index is 11.9. The smallest absolute Gasteiger partial charge is 0.355 e. The minimum atomic E-state index is -0.436. The fourth-order valence-electron chi connectivity index (χ4n) is 1.96. The summed E-state index contributed by atoms with van der Waals surface area (Å²) < 4.78 is 11.7. The van der Waals surface area contributed by atoms with Crippen molar-refractivity contribution in [3.05, 3.63) is 64.2 Å². The zero-order chi connectivity index (χ0) is 15.5. The van der Waals surface area contributed by atoms with E-state index in [0.29, 0.717) is 23.0 Å². The zero-order valence-electron chi connectivity index (χ0n) is 11.8. The van der Waals surface area contributed by atoms with Gasteiger partial charge in [-0.05, 0) is 41.1 Å². The number of benzene rings is 1. The standard InChI is InChI=1S/C16H13BrN2O3/c1-10-14(9-21-16(20)13-7-12(17)8-18-13)19-15(22-10)11-5-3-2-4-6-11/h2-8,18H,9H2,1H3. The molecule has 0 unspecified atom stereocenters. The normalized spacial score (nSPS) is 10.6. The molecule has 0 aliphatic rings. The van der Waals surface area contributed by atoms with E-state index in [9.17, 15) is 4.79 Å². The first-order valence-electron chi connectivity index (χ1n) is 6.66. The molecular weight excluding hydrogens is 348 g/mol. The van der Waals surface area contributed by atoms with Crippen LogP contribution >= 0.6 is 15.9 Å². The summed E-state index contributed by atoms with van der Waals surface area (Å²) in [5.41, 5.74) is 1.88. The number of carbonyl (C=O) groups is 1. The van der Waals surface area contributed by atoms with Gasteiger partial charge in [-0.3, -0.25) is 0 Å². The molecule has 0 saturated heterocycles. The largest absolute Gasteiger partial charge is 0.454 e. The van der Waals surface area contributed by atoms with Gasteiger partial charge in [-0.1, -0.05) is 18.2 Å². The number of rotatable bonds is 4. The summed E-state index contributed by atoms with van der Waals surface area (Å²) in [5.74, 6) is 0.723. The molecule has 112 valence electrons. The summed E-state index contributed by atoms with van der Waals surface area (Å²) in [4.78, 5) is 19.1. The van der Waals surface area contributed by atoms with Crippen molar-refractivity contribution in [2.45, 2.75) is 13.5 Å². The highest BCUT2D eigenvalue weighted by molar-refractivity contribution is 9.10. The van der Waals surface area contributed by atoms with Crippen molar-refractivity contribution in [2.24, 2.45) is 0 Å². The molecule has 0 amide bonds. The van der Waals surface area contributed by atoms with Crippen LogP contribution in [0.4, 0.5) is 0 Å². The van der Waals surface area contributed by atoms with Gasteiger partial charge in [0.05, 0.1) is 0 Å². The SMILES string of the molecule is Cc1oc(-c2ccccc2)nc1COC(=O)c1cc(Br)c[nH]1. The third-order valence-corrected chi connectivity index (χ3v) is 3.58. The highest BCUT2D eigenvalue weighted by Gasteiger charge is 2.15. The molecule has 6 heteroatoms. The molecule has 3 aromatic rings. The summed E-state index contributed by atoms with van der Waals surface area (Å²) in [6.45, 7) is 1.87. The molecule has 1 N–H and O–H groups in total. The van der Waals surface area contributed by atoms with Crippen LogP contribution in [0, 0.1) is 6.92 Å². The van der Waals surface area contributed by atoms with Crippen molar-refractivity contribution in [3.63, 3.8) is 0 Å². The van der Waals surface area contributed by atoms with Crippen molar-refractivity contribution in [3.8, 4) is 11.5 Å². The number of carbonyl (C=O) groups excluding carboxylic acids is 1. The molecule has 5 nitrogen and oxygen atoms in total. The summed E-state index contributed by atoms with van der Waals surface area (Å²) in [5, 5.41) is 0. The van der Waals surface area contributed by atoms with Crippen LogP contribution in [0.15, 0.2) is 51.5 Å². The third-order valence-electron chi connectivity index (χ3n) is 3.12. The van der Waals surface area contributed by atoms with Crippen molar-refractivity contribution in [1.29, 1.82) is 0 Å². The molecule has 2 heterocycles. The van der Waals surface area contributed by atoms with Crippen molar-refractivity contribution in [1.82, 2.24) is 9.97 Å². The van der Waals surface area contributed by atoms with E-state index in [4.69, 9.17) is 9.15 Å². The number of hydrogen-bond acceptors (Lipinski definition) is 4. The summed E-state index contributed by atoms with van der Waals surface area (Å²) in [7, 11) is 0. The first-order chi connectivity index (χ1) is 10.6. The second kappa shape index (κ2) is 6.19. The molecule has 0 bridgehead atoms.